The summed E-state index contributed by atoms with van der Waals surface area (Å²) in [7, 11) is 0. The van der Waals surface area contributed by atoms with E-state index in [2.05, 4.69) is 23.8 Å². The van der Waals surface area contributed by atoms with Gasteiger partial charge in [0.1, 0.15) is 6.10 Å². The van der Waals surface area contributed by atoms with Crippen molar-refractivity contribution >= 4 is 0 Å². The number of rotatable bonds is 2. The van der Waals surface area contributed by atoms with Crippen LogP contribution >= 0.6 is 0 Å². The summed E-state index contributed by atoms with van der Waals surface area (Å²) in [5.74, 6) is 2.30. The van der Waals surface area contributed by atoms with E-state index in [1.807, 2.05) is 6.92 Å². The van der Waals surface area contributed by atoms with Crippen LogP contribution < -0.4 is 0 Å². The lowest BCUT2D eigenvalue weighted by molar-refractivity contribution is 0.0489. The molecule has 3 nitrogen and oxygen atoms in total. The molecule has 0 amide bonds. The van der Waals surface area contributed by atoms with Gasteiger partial charge in [-0.25, -0.2) is 9.97 Å². The summed E-state index contributed by atoms with van der Waals surface area (Å²) in [6.45, 7) is 6.50. The normalized spacial score (nSPS) is 31.2. The average molecular weight is 234 g/mol. The number of aryl methyl sites for hydroxylation is 1. The minimum Gasteiger partial charge on any atom is -0.385 e. The highest BCUT2D eigenvalue weighted by molar-refractivity contribution is 5.04. The van der Waals surface area contributed by atoms with Crippen LogP contribution in [0.25, 0.3) is 0 Å². The first-order chi connectivity index (χ1) is 8.06. The summed E-state index contributed by atoms with van der Waals surface area (Å²) in [5, 5.41) is 10.3. The Balaban J connectivity index is 2.08. The maximum Gasteiger partial charge on any atom is 0.157 e. The van der Waals surface area contributed by atoms with E-state index < -0.39 is 6.10 Å². The summed E-state index contributed by atoms with van der Waals surface area (Å²) >= 11 is 0. The first-order valence-corrected chi connectivity index (χ1v) is 6.53. The van der Waals surface area contributed by atoms with Crippen molar-refractivity contribution in [1.82, 2.24) is 9.97 Å². The lowest BCUT2D eigenvalue weighted by atomic mass is 9.74. The molecular formula is C14H22N2O. The Morgan fingerprint density at radius 2 is 1.65 bits per heavy atom. The highest BCUT2D eigenvalue weighted by Gasteiger charge is 2.30. The monoisotopic (exact) mass is 234 g/mol. The van der Waals surface area contributed by atoms with Crippen LogP contribution in [0.15, 0.2) is 12.4 Å². The third-order valence-corrected chi connectivity index (χ3v) is 3.73. The highest BCUT2D eigenvalue weighted by Crippen LogP contribution is 2.38. The van der Waals surface area contributed by atoms with Gasteiger partial charge >= 0.3 is 0 Å². The highest BCUT2D eigenvalue weighted by atomic mass is 16.3. The van der Waals surface area contributed by atoms with Crippen LogP contribution in [0.5, 0.6) is 0 Å². The van der Waals surface area contributed by atoms with Gasteiger partial charge in [0, 0.05) is 12.4 Å². The average Bonchev–Trinajstić information content (AvgIpc) is 2.28. The predicted octanol–water partition coefficient (Wildman–Crippen LogP) is 2.89. The van der Waals surface area contributed by atoms with Gasteiger partial charge in [-0.05, 0) is 49.5 Å². The third-order valence-electron chi connectivity index (χ3n) is 3.73. The molecule has 0 radical (unpaired) electrons. The molecule has 0 saturated heterocycles. The van der Waals surface area contributed by atoms with Crippen molar-refractivity contribution < 1.29 is 5.11 Å². The number of hydrogen-bond donors (Lipinski definition) is 1. The molecule has 1 saturated carbocycles. The van der Waals surface area contributed by atoms with Crippen LogP contribution in [0.3, 0.4) is 0 Å². The van der Waals surface area contributed by atoms with Gasteiger partial charge in [0.05, 0.1) is 0 Å². The topological polar surface area (TPSA) is 46.0 Å². The maximum absolute atomic E-state index is 10.3. The van der Waals surface area contributed by atoms with Crippen molar-refractivity contribution in [2.24, 2.45) is 17.8 Å². The van der Waals surface area contributed by atoms with Crippen molar-refractivity contribution in [3.63, 3.8) is 0 Å². The Hall–Kier alpha value is -0.960. The molecule has 1 fully saturated rings. The summed E-state index contributed by atoms with van der Waals surface area (Å²) in [5.41, 5.74) is 1.03. The molecule has 0 spiro atoms. The Morgan fingerprint density at radius 1 is 1.12 bits per heavy atom. The van der Waals surface area contributed by atoms with E-state index in [9.17, 15) is 5.11 Å². The largest absolute Gasteiger partial charge is 0.385 e. The van der Waals surface area contributed by atoms with Gasteiger partial charge < -0.3 is 5.11 Å². The maximum atomic E-state index is 10.3. The minimum absolute atomic E-state index is 0.316. The van der Waals surface area contributed by atoms with Crippen LogP contribution in [-0.2, 0) is 0 Å². The molecule has 0 aromatic carbocycles. The van der Waals surface area contributed by atoms with E-state index in [1.54, 1.807) is 12.4 Å². The van der Waals surface area contributed by atoms with E-state index >= 15 is 0 Å². The standard InChI is InChI=1S/C14H22N2O/c1-9-4-10(2)6-12(5-9)13(17)14-15-7-11(3)8-16-14/h7-10,12-13,17H,4-6H2,1-3H3. The molecule has 0 aliphatic heterocycles. The second kappa shape index (κ2) is 5.13. The molecule has 3 unspecified atom stereocenters. The van der Waals surface area contributed by atoms with Crippen LogP contribution in [0, 0.1) is 24.7 Å². The number of hydrogen-bond acceptors (Lipinski definition) is 3. The molecule has 17 heavy (non-hydrogen) atoms. The zero-order chi connectivity index (χ0) is 12.4. The molecule has 0 bridgehead atoms. The van der Waals surface area contributed by atoms with Crippen molar-refractivity contribution in [2.75, 3.05) is 0 Å². The first kappa shape index (κ1) is 12.5. The lowest BCUT2D eigenvalue weighted by Gasteiger charge is -2.33. The van der Waals surface area contributed by atoms with Crippen molar-refractivity contribution in [3.8, 4) is 0 Å². The Bertz CT molecular complexity index is 353. The fraction of sp³-hybridized carbons (Fsp3) is 0.714. The van der Waals surface area contributed by atoms with E-state index in [4.69, 9.17) is 0 Å². The van der Waals surface area contributed by atoms with Gasteiger partial charge in [-0.3, -0.25) is 0 Å². The summed E-state index contributed by atoms with van der Waals surface area (Å²) in [6, 6.07) is 0. The fourth-order valence-corrected chi connectivity index (χ4v) is 3.03. The van der Waals surface area contributed by atoms with Crippen LogP contribution in [0.4, 0.5) is 0 Å². The fourth-order valence-electron chi connectivity index (χ4n) is 3.03. The molecule has 1 heterocycles. The van der Waals surface area contributed by atoms with Crippen LogP contribution in [0.1, 0.15) is 50.6 Å². The minimum atomic E-state index is -0.499. The second-order valence-electron chi connectivity index (χ2n) is 5.74. The molecule has 1 N–H and O–H groups in total. The second-order valence-corrected chi connectivity index (χ2v) is 5.74. The van der Waals surface area contributed by atoms with Crippen molar-refractivity contribution in [1.29, 1.82) is 0 Å². The molecule has 94 valence electrons. The molecule has 1 aromatic heterocycles. The lowest BCUT2D eigenvalue weighted by Crippen LogP contribution is -2.25. The van der Waals surface area contributed by atoms with E-state index in [0.29, 0.717) is 23.6 Å². The van der Waals surface area contributed by atoms with Crippen LogP contribution in [-0.4, -0.2) is 15.1 Å². The predicted molar refractivity (Wildman–Crippen MR) is 67.4 cm³/mol. The Labute approximate surface area is 103 Å². The van der Waals surface area contributed by atoms with Gasteiger partial charge in [-0.2, -0.15) is 0 Å². The van der Waals surface area contributed by atoms with E-state index in [-0.39, 0.29) is 0 Å². The van der Waals surface area contributed by atoms with Crippen molar-refractivity contribution in [3.05, 3.63) is 23.8 Å². The van der Waals surface area contributed by atoms with Gasteiger partial charge in [0.25, 0.3) is 0 Å². The van der Waals surface area contributed by atoms with Crippen LogP contribution in [0.2, 0.25) is 0 Å². The smallest absolute Gasteiger partial charge is 0.157 e. The Kier molecular flexibility index (Phi) is 3.77. The number of aliphatic hydroxyl groups excluding tert-OH is 1. The van der Waals surface area contributed by atoms with E-state index in [0.717, 1.165) is 18.4 Å². The zero-order valence-corrected chi connectivity index (χ0v) is 10.9. The molecule has 1 aliphatic rings. The molecule has 3 atom stereocenters. The van der Waals surface area contributed by atoms with Crippen molar-refractivity contribution in [2.45, 2.75) is 46.1 Å². The summed E-state index contributed by atoms with van der Waals surface area (Å²) in [6.07, 6.45) is 6.51. The van der Waals surface area contributed by atoms with E-state index in [1.165, 1.54) is 6.42 Å². The first-order valence-electron chi connectivity index (χ1n) is 6.53. The van der Waals surface area contributed by atoms with Gasteiger partial charge in [-0.15, -0.1) is 0 Å². The Morgan fingerprint density at radius 3 is 2.18 bits per heavy atom. The summed E-state index contributed by atoms with van der Waals surface area (Å²) in [4.78, 5) is 8.48. The molecule has 2 rings (SSSR count). The SMILES string of the molecule is Cc1cnc(C(O)C2CC(C)CC(C)C2)nc1. The van der Waals surface area contributed by atoms with Gasteiger partial charge in [-0.1, -0.05) is 13.8 Å². The zero-order valence-electron chi connectivity index (χ0n) is 10.9. The van der Waals surface area contributed by atoms with Gasteiger partial charge in [0.2, 0.25) is 0 Å². The number of aromatic nitrogens is 2. The molecule has 1 aliphatic carbocycles. The molecular weight excluding hydrogens is 212 g/mol. The number of nitrogens with zero attached hydrogens (tertiary/aromatic N) is 2. The quantitative estimate of drug-likeness (QED) is 0.855. The third kappa shape index (κ3) is 3.03. The molecule has 3 heteroatoms. The number of aliphatic hydroxyl groups is 1. The summed E-state index contributed by atoms with van der Waals surface area (Å²) < 4.78 is 0. The molecule has 1 aromatic rings. The van der Waals surface area contributed by atoms with Gasteiger partial charge in [0.15, 0.2) is 5.82 Å².